The van der Waals surface area contributed by atoms with E-state index in [1.54, 1.807) is 24.3 Å². The van der Waals surface area contributed by atoms with Crippen LogP contribution in [0.1, 0.15) is 167 Å². The molecule has 11 amide bonds. The molecular formula is C80H82Cl4F4N16O13. The highest BCUT2D eigenvalue weighted by Crippen LogP contribution is 2.39. The van der Waals surface area contributed by atoms with Crippen LogP contribution in [0.15, 0.2) is 147 Å². The Bertz CT molecular complexity index is 4700. The van der Waals surface area contributed by atoms with Gasteiger partial charge >= 0.3 is 47.3 Å². The monoisotopic (exact) mass is 1690 g/mol. The van der Waals surface area contributed by atoms with Gasteiger partial charge in [-0.2, -0.15) is 0 Å². The summed E-state index contributed by atoms with van der Waals surface area (Å²) in [4.78, 5) is 161. The molecule has 37 heteroatoms. The van der Waals surface area contributed by atoms with E-state index >= 15 is 0 Å². The normalized spacial score (nSPS) is 18.7. The number of carbonyl (C=O) groups is 12. The molecule has 4 fully saturated rings. The van der Waals surface area contributed by atoms with Crippen LogP contribution in [-0.2, 0) is 38.4 Å². The molecule has 0 bridgehead atoms. The minimum Gasteiger partial charge on any atom is -0.474 e. The molecule has 117 heavy (non-hydrogen) atoms. The average Bonchev–Trinajstić information content (AvgIpc) is 0.809. The Morgan fingerprint density at radius 3 is 0.872 bits per heavy atom. The van der Waals surface area contributed by atoms with E-state index in [0.29, 0.717) is 61.6 Å². The number of carbonyl (C=O) groups excluding carboxylic acids is 11. The summed E-state index contributed by atoms with van der Waals surface area (Å²) in [5.74, 6) is -11.0. The van der Waals surface area contributed by atoms with Crippen LogP contribution in [0.4, 0.5) is 40.3 Å². The smallest absolute Gasteiger partial charge is 0.394 e. The second kappa shape index (κ2) is 42.0. The van der Waals surface area contributed by atoms with Gasteiger partial charge in [0.05, 0.1) is 108 Å². The predicted octanol–water partition coefficient (Wildman–Crippen LogP) is 11.5. The summed E-state index contributed by atoms with van der Waals surface area (Å²) >= 11 is 23.4. The van der Waals surface area contributed by atoms with Crippen molar-refractivity contribution in [2.75, 3.05) is 47.4 Å². The Morgan fingerprint density at radius 2 is 0.624 bits per heavy atom. The molecule has 12 rings (SSSR count). The fourth-order valence-corrected chi connectivity index (χ4v) is 13.8. The van der Waals surface area contributed by atoms with E-state index in [-0.39, 0.29) is 88.7 Å². The summed E-state index contributed by atoms with van der Waals surface area (Å²) in [7, 11) is 0. The molecule has 29 nitrogen and oxygen atoms in total. The quantitative estimate of drug-likeness (QED) is 0.0401. The van der Waals surface area contributed by atoms with E-state index in [2.05, 4.69) is 48.1 Å². The molecular weight excluding hydrogens is 1610 g/mol. The van der Waals surface area contributed by atoms with E-state index < -0.39 is 107 Å². The van der Waals surface area contributed by atoms with Gasteiger partial charge in [0.1, 0.15) is 23.3 Å². The number of benzene rings is 4. The lowest BCUT2D eigenvalue weighted by molar-refractivity contribution is -0.147. The van der Waals surface area contributed by atoms with Crippen LogP contribution in [0.3, 0.4) is 0 Å². The van der Waals surface area contributed by atoms with E-state index in [1.807, 2.05) is 32.2 Å². The van der Waals surface area contributed by atoms with Crippen molar-refractivity contribution in [2.45, 2.75) is 103 Å². The SMILES string of the molecule is C[C@@H]1CC[C@@H](c2ccc(F)c(Cl)c2)N(C(=O)C(=O)Nc2cncc(C(N)=O)c2)C1.C[C@H]1CC[C@H](c2ccc(F)c(Cl)c2)N(C(=O)C(=O)Nc2cncc(C(N)=O)c2)C1.C[C@H]1CC[C@H](c2ccc(F)c(Cl)c2)N(C(=O)C(=O)Nc2cncc(C(N)=O)c2)C1.C[C@H]1CC[C@H](c2ccc(F)c(Cl)c2)NC1.NC(=O)c1cncc(NC(=O)C(=O)O)c1. The summed E-state index contributed by atoms with van der Waals surface area (Å²) in [6.45, 7) is 10.4. The number of aliphatic carboxylic acids is 1. The van der Waals surface area contributed by atoms with Crippen LogP contribution in [0.2, 0.25) is 20.1 Å². The number of nitrogens with zero attached hydrogens (tertiary/aromatic N) is 7. The molecule has 4 aliphatic heterocycles. The zero-order chi connectivity index (χ0) is 85.6. The summed E-state index contributed by atoms with van der Waals surface area (Å²) in [5.41, 5.74) is 24.8. The molecule has 616 valence electrons. The van der Waals surface area contributed by atoms with Crippen LogP contribution in [0, 0.1) is 46.9 Å². The van der Waals surface area contributed by atoms with E-state index in [1.165, 1.54) is 137 Å². The second-order valence-electron chi connectivity index (χ2n) is 28.2. The first-order valence-corrected chi connectivity index (χ1v) is 37.9. The molecule has 8 heterocycles. The average molecular weight is 1690 g/mol. The van der Waals surface area contributed by atoms with Gasteiger partial charge in [0.2, 0.25) is 23.6 Å². The number of primary amides is 4. The fraction of sp³-hybridized carbons (Fsp3) is 0.300. The number of nitrogens with two attached hydrogens (primary N) is 4. The van der Waals surface area contributed by atoms with Gasteiger partial charge in [-0.1, -0.05) is 98.4 Å². The van der Waals surface area contributed by atoms with Crippen LogP contribution in [0.25, 0.3) is 0 Å². The number of rotatable bonds is 12. The number of amides is 11. The zero-order valence-electron chi connectivity index (χ0n) is 63.3. The number of hydrogen-bond acceptors (Lipinski definition) is 17. The number of likely N-dealkylation sites (tertiary alicyclic amines) is 3. The van der Waals surface area contributed by atoms with Crippen molar-refractivity contribution in [3.8, 4) is 0 Å². The third kappa shape index (κ3) is 25.7. The molecule has 0 saturated carbocycles. The van der Waals surface area contributed by atoms with Crippen molar-refractivity contribution in [2.24, 2.45) is 46.6 Å². The highest BCUT2D eigenvalue weighted by molar-refractivity contribution is 6.41. The zero-order valence-corrected chi connectivity index (χ0v) is 66.3. The minimum absolute atomic E-state index is 0.0349. The lowest BCUT2D eigenvalue weighted by Gasteiger charge is -2.38. The predicted molar refractivity (Wildman–Crippen MR) is 427 cm³/mol. The van der Waals surface area contributed by atoms with Gasteiger partial charge in [-0.15, -0.1) is 0 Å². The minimum atomic E-state index is -1.63. The van der Waals surface area contributed by atoms with E-state index in [4.69, 9.17) is 74.4 Å². The van der Waals surface area contributed by atoms with Gasteiger partial charge in [0, 0.05) is 50.5 Å². The number of anilines is 4. The number of piperidine rings is 4. The molecule has 4 aromatic heterocycles. The lowest BCUT2D eigenvalue weighted by atomic mass is 9.89. The molecule has 4 aromatic carbocycles. The Balaban J connectivity index is 0.000000187. The van der Waals surface area contributed by atoms with Gasteiger partial charge in [0.25, 0.3) is 0 Å². The van der Waals surface area contributed by atoms with Gasteiger partial charge in [0.15, 0.2) is 0 Å². The van der Waals surface area contributed by atoms with Crippen molar-refractivity contribution in [1.29, 1.82) is 0 Å². The third-order valence-electron chi connectivity index (χ3n) is 19.1. The van der Waals surface area contributed by atoms with Crippen LogP contribution >= 0.6 is 46.4 Å². The molecule has 4 saturated heterocycles. The highest BCUT2D eigenvalue weighted by Gasteiger charge is 2.38. The van der Waals surface area contributed by atoms with Gasteiger partial charge < -0.3 is 69.3 Å². The first kappa shape index (κ1) is 90.5. The first-order valence-electron chi connectivity index (χ1n) is 36.4. The van der Waals surface area contributed by atoms with E-state index in [9.17, 15) is 75.1 Å². The molecule has 8 aromatic rings. The number of halogens is 8. The van der Waals surface area contributed by atoms with Crippen molar-refractivity contribution in [3.05, 3.63) is 235 Å². The number of hydrogen-bond donors (Lipinski definition) is 10. The molecule has 14 N–H and O–H groups in total. The summed E-state index contributed by atoms with van der Waals surface area (Å²) in [6, 6.07) is 22.3. The molecule has 4 aliphatic rings. The Morgan fingerprint density at radius 1 is 0.368 bits per heavy atom. The number of carboxylic acid groups (broad SMARTS) is 1. The topological polar surface area (TPSA) is 451 Å². The Hall–Kier alpha value is -12.0. The summed E-state index contributed by atoms with van der Waals surface area (Å²) < 4.78 is 53.6. The maximum atomic E-state index is 13.5. The van der Waals surface area contributed by atoms with Gasteiger partial charge in [-0.25, -0.2) is 22.4 Å². The maximum absolute atomic E-state index is 13.5. The Kier molecular flexibility index (Phi) is 32.5. The van der Waals surface area contributed by atoms with Crippen molar-refractivity contribution in [1.82, 2.24) is 40.0 Å². The first-order chi connectivity index (χ1) is 55.4. The van der Waals surface area contributed by atoms with Crippen molar-refractivity contribution >= 4 is 140 Å². The van der Waals surface area contributed by atoms with Crippen molar-refractivity contribution < 1.29 is 80.2 Å². The van der Waals surface area contributed by atoms with E-state index in [0.717, 1.165) is 43.7 Å². The van der Waals surface area contributed by atoms with Crippen molar-refractivity contribution in [3.63, 3.8) is 0 Å². The largest absolute Gasteiger partial charge is 0.474 e. The molecule has 0 aliphatic carbocycles. The molecule has 0 unspecified atom stereocenters. The maximum Gasteiger partial charge on any atom is 0.394 e. The Labute approximate surface area is 688 Å². The van der Waals surface area contributed by atoms with Gasteiger partial charge in [-0.3, -0.25) is 72.7 Å². The van der Waals surface area contributed by atoms with Crippen LogP contribution in [0.5, 0.6) is 0 Å². The number of nitrogens with one attached hydrogen (secondary N) is 5. The number of carboxylic acids is 1. The molecule has 0 spiro atoms. The second-order valence-corrected chi connectivity index (χ2v) is 29.9. The van der Waals surface area contributed by atoms with Crippen LogP contribution in [-0.4, -0.2) is 137 Å². The third-order valence-corrected chi connectivity index (χ3v) is 20.3. The molecule has 0 radical (unpaired) electrons. The lowest BCUT2D eigenvalue weighted by Crippen LogP contribution is -2.46. The molecule has 8 atom stereocenters. The number of pyridine rings is 4. The van der Waals surface area contributed by atoms with Gasteiger partial charge in [-0.05, 0) is 177 Å². The standard InChI is InChI=1S/3C20H20ClFN4O3.C12H15ClFN.C8H7N3O4/c3*1-11-2-5-17(12-3-4-16(22)15(21)7-12)26(10-11)20(29)19(28)25-14-6-13(18(23)27)8-24-9-14;1-8-2-5-12(15-7-8)9-3-4-11(14)10(13)6-9;9-6(12)4-1-5(3-10-2-4)11-7(13)8(14)15/h3*3-4,6-9,11,17H,2,5,10H2,1H3,(H2,23,27)(H,25,28);3-4,6,8,12,15H,2,5,7H2,1H3;1-3H,(H2,9,12)(H,11,13)(H,14,15)/t3*11-,17+;8-,12+;/m1000./s1. The fourth-order valence-electron chi connectivity index (χ4n) is 13.0. The van der Waals surface area contributed by atoms with Crippen LogP contribution < -0.4 is 49.5 Å². The summed E-state index contributed by atoms with van der Waals surface area (Å²) in [6.07, 6.45) is 16.9. The highest BCUT2D eigenvalue weighted by atomic mass is 35.5. The number of aromatic nitrogens is 4. The summed E-state index contributed by atoms with van der Waals surface area (Å²) in [5, 5.41) is 21.3.